The summed E-state index contributed by atoms with van der Waals surface area (Å²) in [5.74, 6) is 1.54. The Morgan fingerprint density at radius 2 is 1.89 bits per heavy atom. The van der Waals surface area contributed by atoms with Crippen LogP contribution in [-0.2, 0) is 0 Å². The standard InChI is InChI=1S/C29H28ClN3O3/c1-32-12-3-13-33(15-14-32)29(35)20-5-2-4-19(16-20)24-10-11-25(36-24)26(18-6-7-18)27-22-17-21(30)8-9-23(22)31-28(27)34/h2,4-5,8-11,16-17,31,34H,3,6-7,12-15H2,1H3. The third kappa shape index (κ3) is 4.31. The van der Waals surface area contributed by atoms with Crippen molar-refractivity contribution < 1.29 is 14.3 Å². The highest BCUT2D eigenvalue weighted by Gasteiger charge is 2.28. The largest absolute Gasteiger partial charge is 0.494 e. The molecule has 2 aliphatic rings. The van der Waals surface area contributed by atoms with Crippen molar-refractivity contribution in [3.63, 3.8) is 0 Å². The Hall–Kier alpha value is -3.48. The van der Waals surface area contributed by atoms with Gasteiger partial charge in [-0.2, -0.15) is 0 Å². The van der Waals surface area contributed by atoms with Crippen LogP contribution >= 0.6 is 11.6 Å². The number of allylic oxidation sites excluding steroid dienone is 1. The van der Waals surface area contributed by atoms with E-state index in [-0.39, 0.29) is 11.8 Å². The molecular weight excluding hydrogens is 474 g/mol. The molecular formula is C29H28ClN3O3. The number of aromatic hydroxyl groups is 1. The monoisotopic (exact) mass is 501 g/mol. The van der Waals surface area contributed by atoms with Crippen molar-refractivity contribution >= 4 is 34.0 Å². The quantitative estimate of drug-likeness (QED) is 0.351. The van der Waals surface area contributed by atoms with Crippen molar-refractivity contribution in [3.8, 4) is 17.2 Å². The zero-order valence-electron chi connectivity index (χ0n) is 20.2. The molecule has 6 nitrogen and oxygen atoms in total. The van der Waals surface area contributed by atoms with Gasteiger partial charge in [0.1, 0.15) is 11.5 Å². The molecule has 0 atom stereocenters. The number of carbonyl (C=O) groups is 1. The number of nitrogens with one attached hydrogen (secondary N) is 1. The summed E-state index contributed by atoms with van der Waals surface area (Å²) in [6, 6.07) is 17.1. The van der Waals surface area contributed by atoms with Gasteiger partial charge in [-0.25, -0.2) is 0 Å². The molecule has 1 amide bonds. The molecule has 36 heavy (non-hydrogen) atoms. The van der Waals surface area contributed by atoms with Crippen LogP contribution in [0, 0.1) is 0 Å². The van der Waals surface area contributed by atoms with Crippen molar-refractivity contribution in [2.24, 2.45) is 0 Å². The number of aromatic nitrogens is 1. The van der Waals surface area contributed by atoms with Crippen LogP contribution in [0.3, 0.4) is 0 Å². The van der Waals surface area contributed by atoms with Gasteiger partial charge in [-0.3, -0.25) is 4.79 Å². The highest BCUT2D eigenvalue weighted by atomic mass is 35.5. The van der Waals surface area contributed by atoms with E-state index in [9.17, 15) is 9.90 Å². The van der Waals surface area contributed by atoms with E-state index in [0.717, 1.165) is 73.0 Å². The second-order valence-corrected chi connectivity index (χ2v) is 10.1. The van der Waals surface area contributed by atoms with Crippen LogP contribution in [0.15, 0.2) is 64.6 Å². The Kier molecular flexibility index (Phi) is 5.86. The average molecular weight is 502 g/mol. The number of H-pyrrole nitrogens is 1. The molecule has 3 heterocycles. The number of carbonyl (C=O) groups excluding carboxylic acids is 1. The van der Waals surface area contributed by atoms with E-state index in [4.69, 9.17) is 16.0 Å². The van der Waals surface area contributed by atoms with Crippen molar-refractivity contribution in [1.82, 2.24) is 14.8 Å². The van der Waals surface area contributed by atoms with E-state index in [1.165, 1.54) is 5.57 Å². The highest BCUT2D eigenvalue weighted by Crippen LogP contribution is 2.46. The minimum Gasteiger partial charge on any atom is -0.494 e. The van der Waals surface area contributed by atoms with Crippen LogP contribution in [0.4, 0.5) is 0 Å². The fraction of sp³-hybridized carbons (Fsp3) is 0.276. The third-order valence-electron chi connectivity index (χ3n) is 7.10. The van der Waals surface area contributed by atoms with Gasteiger partial charge in [-0.15, -0.1) is 0 Å². The topological polar surface area (TPSA) is 72.7 Å². The number of furan rings is 1. The van der Waals surface area contributed by atoms with Crippen molar-refractivity contribution in [3.05, 3.63) is 82.1 Å². The fourth-order valence-corrected chi connectivity index (χ4v) is 5.23. The van der Waals surface area contributed by atoms with Gasteiger partial charge >= 0.3 is 0 Å². The first-order valence-electron chi connectivity index (χ1n) is 12.4. The molecule has 0 radical (unpaired) electrons. The summed E-state index contributed by atoms with van der Waals surface area (Å²) in [6.45, 7) is 3.40. The zero-order chi connectivity index (χ0) is 24.8. The molecule has 1 saturated carbocycles. The van der Waals surface area contributed by atoms with Gasteiger partial charge in [0.25, 0.3) is 5.91 Å². The summed E-state index contributed by atoms with van der Waals surface area (Å²) in [4.78, 5) is 20.5. The molecule has 1 aliphatic heterocycles. The molecule has 2 aromatic heterocycles. The number of fused-ring (bicyclic) bond motifs is 1. The summed E-state index contributed by atoms with van der Waals surface area (Å²) in [6.07, 6.45) is 2.91. The van der Waals surface area contributed by atoms with Crippen LogP contribution in [0.2, 0.25) is 5.02 Å². The lowest BCUT2D eigenvalue weighted by Crippen LogP contribution is -2.34. The second-order valence-electron chi connectivity index (χ2n) is 9.71. The number of aromatic amines is 1. The van der Waals surface area contributed by atoms with Crippen LogP contribution in [0.25, 0.3) is 27.8 Å². The summed E-state index contributed by atoms with van der Waals surface area (Å²) in [7, 11) is 2.10. The highest BCUT2D eigenvalue weighted by molar-refractivity contribution is 6.31. The Morgan fingerprint density at radius 3 is 2.72 bits per heavy atom. The van der Waals surface area contributed by atoms with E-state index in [1.54, 1.807) is 6.07 Å². The van der Waals surface area contributed by atoms with E-state index < -0.39 is 0 Å². The van der Waals surface area contributed by atoms with Gasteiger partial charge < -0.3 is 24.3 Å². The van der Waals surface area contributed by atoms with E-state index in [1.807, 2.05) is 53.4 Å². The minimum absolute atomic E-state index is 0.0558. The average Bonchev–Trinajstić information content (AvgIpc) is 3.56. The number of hydrogen-bond donors (Lipinski definition) is 2. The lowest BCUT2D eigenvalue weighted by Gasteiger charge is -2.20. The molecule has 184 valence electrons. The van der Waals surface area contributed by atoms with Crippen molar-refractivity contribution in [2.45, 2.75) is 19.3 Å². The molecule has 0 bridgehead atoms. The SMILES string of the molecule is CN1CCCN(C(=O)c2cccc(-c3ccc(C(=C4CC4)c4c(O)[nH]c5ccc(Cl)cc45)o3)c2)CC1. The fourth-order valence-electron chi connectivity index (χ4n) is 5.05. The predicted octanol–water partition coefficient (Wildman–Crippen LogP) is 6.16. The Balaban J connectivity index is 1.33. The maximum atomic E-state index is 13.2. The molecule has 1 aliphatic carbocycles. The lowest BCUT2D eigenvalue weighted by atomic mass is 10.0. The van der Waals surface area contributed by atoms with E-state index in [2.05, 4.69) is 16.9 Å². The number of hydrogen-bond acceptors (Lipinski definition) is 4. The number of rotatable bonds is 4. The summed E-state index contributed by atoms with van der Waals surface area (Å²) in [5.41, 5.74) is 5.21. The lowest BCUT2D eigenvalue weighted by molar-refractivity contribution is 0.0763. The van der Waals surface area contributed by atoms with Crippen LogP contribution in [-0.4, -0.2) is 59.0 Å². The maximum Gasteiger partial charge on any atom is 0.253 e. The summed E-state index contributed by atoms with van der Waals surface area (Å²) >= 11 is 6.27. The molecule has 2 fully saturated rings. The number of nitrogens with zero attached hydrogens (tertiary/aromatic N) is 2. The third-order valence-corrected chi connectivity index (χ3v) is 7.33. The molecule has 4 aromatic rings. The Morgan fingerprint density at radius 1 is 1.03 bits per heavy atom. The number of amides is 1. The molecule has 0 spiro atoms. The molecule has 2 N–H and O–H groups in total. The smallest absolute Gasteiger partial charge is 0.253 e. The zero-order valence-corrected chi connectivity index (χ0v) is 20.9. The van der Waals surface area contributed by atoms with Gasteiger partial charge in [0, 0.05) is 52.3 Å². The predicted molar refractivity (Wildman–Crippen MR) is 142 cm³/mol. The Bertz CT molecular complexity index is 1490. The maximum absolute atomic E-state index is 13.2. The van der Waals surface area contributed by atoms with Crippen LogP contribution in [0.5, 0.6) is 5.88 Å². The minimum atomic E-state index is 0.0558. The number of benzene rings is 2. The van der Waals surface area contributed by atoms with Gasteiger partial charge in [0.15, 0.2) is 5.88 Å². The first kappa shape index (κ1) is 23.0. The first-order chi connectivity index (χ1) is 17.5. The first-order valence-corrected chi connectivity index (χ1v) is 12.8. The van der Waals surface area contributed by atoms with Gasteiger partial charge in [0.2, 0.25) is 0 Å². The van der Waals surface area contributed by atoms with E-state index in [0.29, 0.717) is 22.1 Å². The number of halogens is 1. The molecule has 2 aromatic carbocycles. The molecule has 7 heteroatoms. The van der Waals surface area contributed by atoms with Gasteiger partial charge in [-0.05, 0) is 75.3 Å². The summed E-state index contributed by atoms with van der Waals surface area (Å²) < 4.78 is 6.36. The molecule has 6 rings (SSSR count). The molecule has 1 saturated heterocycles. The normalized spacial score (nSPS) is 16.4. The molecule has 0 unspecified atom stereocenters. The van der Waals surface area contributed by atoms with Crippen LogP contribution in [0.1, 0.15) is 40.9 Å². The van der Waals surface area contributed by atoms with E-state index >= 15 is 0 Å². The number of likely N-dealkylation sites (N-methyl/N-ethyl adjacent to an activating group) is 1. The van der Waals surface area contributed by atoms with Crippen LogP contribution < -0.4 is 0 Å². The van der Waals surface area contributed by atoms with Gasteiger partial charge in [-0.1, -0.05) is 29.3 Å². The van der Waals surface area contributed by atoms with Crippen molar-refractivity contribution in [1.29, 1.82) is 0 Å². The van der Waals surface area contributed by atoms with Crippen molar-refractivity contribution in [2.75, 3.05) is 33.2 Å². The summed E-state index contributed by atoms with van der Waals surface area (Å²) in [5, 5.41) is 12.3. The Labute approximate surface area is 214 Å². The second kappa shape index (κ2) is 9.19. The van der Waals surface area contributed by atoms with Gasteiger partial charge in [0.05, 0.1) is 5.56 Å².